The van der Waals surface area contributed by atoms with Crippen molar-refractivity contribution in [3.63, 3.8) is 0 Å². The molecule has 2 heteroatoms. The van der Waals surface area contributed by atoms with Crippen molar-refractivity contribution in [1.82, 2.24) is 9.55 Å². The molecule has 0 saturated carbocycles. The highest BCUT2D eigenvalue weighted by Crippen LogP contribution is 2.31. The number of para-hydroxylation sites is 1. The molecule has 0 atom stereocenters. The third-order valence-electron chi connectivity index (χ3n) is 4.47. The minimum atomic E-state index is 0.779. The van der Waals surface area contributed by atoms with Crippen LogP contribution in [0.3, 0.4) is 0 Å². The SMILES string of the molecule is [CH2]Cc1c(Cc2ccccc2)n(-c2ccncc2)c2ccccc12. The summed E-state index contributed by atoms with van der Waals surface area (Å²) in [6, 6.07) is 23.3. The van der Waals surface area contributed by atoms with Crippen LogP contribution in [-0.4, -0.2) is 9.55 Å². The van der Waals surface area contributed by atoms with Gasteiger partial charge in [-0.3, -0.25) is 4.98 Å². The topological polar surface area (TPSA) is 17.8 Å². The Labute approximate surface area is 142 Å². The first kappa shape index (κ1) is 14.7. The molecule has 0 aliphatic carbocycles. The van der Waals surface area contributed by atoms with Crippen molar-refractivity contribution in [2.24, 2.45) is 0 Å². The van der Waals surface area contributed by atoms with Gasteiger partial charge in [0.2, 0.25) is 0 Å². The van der Waals surface area contributed by atoms with Crippen LogP contribution in [0.2, 0.25) is 0 Å². The first-order valence-corrected chi connectivity index (χ1v) is 8.23. The maximum atomic E-state index is 4.19. The Morgan fingerprint density at radius 2 is 1.54 bits per heavy atom. The van der Waals surface area contributed by atoms with Crippen LogP contribution in [-0.2, 0) is 12.8 Å². The Balaban J connectivity index is 1.99. The van der Waals surface area contributed by atoms with E-state index >= 15 is 0 Å². The second kappa shape index (κ2) is 6.32. The number of pyridine rings is 1. The molecule has 0 aliphatic heterocycles. The second-order valence-corrected chi connectivity index (χ2v) is 5.90. The summed E-state index contributed by atoms with van der Waals surface area (Å²) < 4.78 is 2.35. The van der Waals surface area contributed by atoms with Gasteiger partial charge in [-0.05, 0) is 42.7 Å². The van der Waals surface area contributed by atoms with Gasteiger partial charge in [-0.2, -0.15) is 0 Å². The van der Waals surface area contributed by atoms with E-state index in [1.807, 2.05) is 12.4 Å². The second-order valence-electron chi connectivity index (χ2n) is 5.90. The van der Waals surface area contributed by atoms with E-state index in [1.54, 1.807) is 0 Å². The van der Waals surface area contributed by atoms with E-state index in [0.29, 0.717) is 0 Å². The van der Waals surface area contributed by atoms with Crippen molar-refractivity contribution in [3.8, 4) is 5.69 Å². The Kier molecular flexibility index (Phi) is 3.87. The number of hydrogen-bond acceptors (Lipinski definition) is 1. The normalized spacial score (nSPS) is 11.0. The number of nitrogens with zero attached hydrogens (tertiary/aromatic N) is 2. The lowest BCUT2D eigenvalue weighted by Gasteiger charge is -2.12. The minimum absolute atomic E-state index is 0.779. The Bertz CT molecular complexity index is 953. The average Bonchev–Trinajstić information content (AvgIpc) is 2.96. The number of fused-ring (bicyclic) bond motifs is 1. The summed E-state index contributed by atoms with van der Waals surface area (Å²) in [5.41, 5.74) is 6.32. The molecule has 2 heterocycles. The Hall–Kier alpha value is -2.87. The zero-order valence-corrected chi connectivity index (χ0v) is 13.5. The molecular formula is C22H19N2. The van der Waals surface area contributed by atoms with Crippen LogP contribution in [0.1, 0.15) is 16.8 Å². The van der Waals surface area contributed by atoms with Crippen molar-refractivity contribution in [2.75, 3.05) is 0 Å². The summed E-state index contributed by atoms with van der Waals surface area (Å²) in [6.45, 7) is 4.19. The molecule has 0 aliphatic rings. The van der Waals surface area contributed by atoms with E-state index in [-0.39, 0.29) is 0 Å². The summed E-state index contributed by atoms with van der Waals surface area (Å²) in [4.78, 5) is 4.17. The van der Waals surface area contributed by atoms with Crippen LogP contribution in [0.5, 0.6) is 0 Å². The van der Waals surface area contributed by atoms with Crippen LogP contribution in [0.15, 0.2) is 79.1 Å². The van der Waals surface area contributed by atoms with Gasteiger partial charge < -0.3 is 4.57 Å². The molecule has 1 radical (unpaired) electrons. The van der Waals surface area contributed by atoms with E-state index in [4.69, 9.17) is 0 Å². The fourth-order valence-electron chi connectivity index (χ4n) is 3.40. The highest BCUT2D eigenvalue weighted by molar-refractivity contribution is 5.87. The van der Waals surface area contributed by atoms with Gasteiger partial charge >= 0.3 is 0 Å². The van der Waals surface area contributed by atoms with Gasteiger partial charge in [-0.1, -0.05) is 48.5 Å². The van der Waals surface area contributed by atoms with Crippen LogP contribution in [0, 0.1) is 6.92 Å². The molecule has 0 fully saturated rings. The predicted molar refractivity (Wildman–Crippen MR) is 99.4 cm³/mol. The van der Waals surface area contributed by atoms with Gasteiger partial charge in [0, 0.05) is 35.6 Å². The lowest BCUT2D eigenvalue weighted by Crippen LogP contribution is -2.03. The van der Waals surface area contributed by atoms with E-state index in [0.717, 1.165) is 18.5 Å². The van der Waals surface area contributed by atoms with Crippen LogP contribution in [0.4, 0.5) is 0 Å². The highest BCUT2D eigenvalue weighted by Gasteiger charge is 2.17. The average molecular weight is 311 g/mol. The van der Waals surface area contributed by atoms with Crippen molar-refractivity contribution in [1.29, 1.82) is 0 Å². The first-order chi connectivity index (χ1) is 11.9. The van der Waals surface area contributed by atoms with Crippen molar-refractivity contribution < 1.29 is 0 Å². The van der Waals surface area contributed by atoms with Crippen LogP contribution in [0.25, 0.3) is 16.6 Å². The molecule has 24 heavy (non-hydrogen) atoms. The van der Waals surface area contributed by atoms with Gasteiger partial charge in [0.1, 0.15) is 0 Å². The largest absolute Gasteiger partial charge is 0.313 e. The molecule has 0 amide bonds. The number of hydrogen-bond donors (Lipinski definition) is 0. The molecule has 2 nitrogen and oxygen atoms in total. The molecule has 4 aromatic rings. The third-order valence-corrected chi connectivity index (χ3v) is 4.47. The van der Waals surface area contributed by atoms with E-state index < -0.39 is 0 Å². The minimum Gasteiger partial charge on any atom is -0.313 e. The van der Waals surface area contributed by atoms with Crippen LogP contribution >= 0.6 is 0 Å². The molecule has 0 bridgehead atoms. The van der Waals surface area contributed by atoms with Gasteiger partial charge in [0.25, 0.3) is 0 Å². The lowest BCUT2D eigenvalue weighted by molar-refractivity contribution is 0.958. The van der Waals surface area contributed by atoms with Gasteiger partial charge in [-0.25, -0.2) is 0 Å². The third kappa shape index (κ3) is 2.50. The zero-order valence-electron chi connectivity index (χ0n) is 13.5. The van der Waals surface area contributed by atoms with E-state index in [1.165, 1.54) is 27.7 Å². The van der Waals surface area contributed by atoms with Gasteiger partial charge in [0.15, 0.2) is 0 Å². The molecule has 0 N–H and O–H groups in total. The molecule has 2 aromatic heterocycles. The van der Waals surface area contributed by atoms with Gasteiger partial charge in [0.05, 0.1) is 5.52 Å². The number of rotatable bonds is 4. The molecular weight excluding hydrogens is 292 g/mol. The smallest absolute Gasteiger partial charge is 0.0534 e. The Morgan fingerprint density at radius 1 is 0.833 bits per heavy atom. The monoisotopic (exact) mass is 311 g/mol. The fourth-order valence-corrected chi connectivity index (χ4v) is 3.40. The van der Waals surface area contributed by atoms with Crippen LogP contribution < -0.4 is 0 Å². The predicted octanol–water partition coefficient (Wildman–Crippen LogP) is 4.99. The summed E-state index contributed by atoms with van der Waals surface area (Å²) >= 11 is 0. The van der Waals surface area contributed by atoms with E-state index in [2.05, 4.69) is 83.2 Å². The molecule has 4 rings (SSSR count). The highest BCUT2D eigenvalue weighted by atomic mass is 15.0. The molecule has 117 valence electrons. The van der Waals surface area contributed by atoms with Crippen molar-refractivity contribution in [3.05, 3.63) is 103 Å². The first-order valence-electron chi connectivity index (χ1n) is 8.23. The van der Waals surface area contributed by atoms with Crippen molar-refractivity contribution >= 4 is 10.9 Å². The van der Waals surface area contributed by atoms with Crippen molar-refractivity contribution in [2.45, 2.75) is 12.8 Å². The maximum absolute atomic E-state index is 4.19. The summed E-state index contributed by atoms with van der Waals surface area (Å²) in [7, 11) is 0. The molecule has 0 saturated heterocycles. The molecule has 0 spiro atoms. The maximum Gasteiger partial charge on any atom is 0.0534 e. The summed E-state index contributed by atoms with van der Waals surface area (Å²) in [5.74, 6) is 0. The zero-order chi connectivity index (χ0) is 16.4. The standard InChI is InChI=1S/C22H19N2/c1-2-19-20-10-6-7-11-21(20)24(18-12-14-23-15-13-18)22(19)16-17-8-4-3-5-9-17/h3-15H,1-2,16H2. The summed E-state index contributed by atoms with van der Waals surface area (Å²) in [6.07, 6.45) is 5.37. The number of aromatic nitrogens is 2. The number of benzene rings is 2. The van der Waals surface area contributed by atoms with E-state index in [9.17, 15) is 0 Å². The van der Waals surface area contributed by atoms with Gasteiger partial charge in [-0.15, -0.1) is 0 Å². The molecule has 0 unspecified atom stereocenters. The fraction of sp³-hybridized carbons (Fsp3) is 0.0909. The molecule has 2 aromatic carbocycles. The lowest BCUT2D eigenvalue weighted by atomic mass is 10.0. The quantitative estimate of drug-likeness (QED) is 0.519. The Morgan fingerprint density at radius 3 is 2.29 bits per heavy atom. The summed E-state index contributed by atoms with van der Waals surface area (Å²) in [5, 5.41) is 1.29.